The third kappa shape index (κ3) is 2.37. The first-order valence-electron chi connectivity index (χ1n) is 7.25. The number of ketones is 1. The molecule has 0 unspecified atom stereocenters. The van der Waals surface area contributed by atoms with Crippen LogP contribution in [-0.4, -0.2) is 37.2 Å². The normalized spacial score (nSPS) is 12.8. The fourth-order valence-corrected chi connectivity index (χ4v) is 6.10. The van der Waals surface area contributed by atoms with E-state index in [1.54, 1.807) is 18.2 Å². The summed E-state index contributed by atoms with van der Waals surface area (Å²) in [5.74, 6) is -0.341. The standard InChI is InChI=1S/C15H9O3.3CH3.Sn/c1-18-15(17)9-6-7-12-13(8-9)10-4-2-3-5-11(10)14(12)16;;;;/h3-8H,1H3;3*1H3;. The number of benzene rings is 2. The summed E-state index contributed by atoms with van der Waals surface area (Å²) in [6.07, 6.45) is 0. The molecule has 0 N–H and O–H groups in total. The van der Waals surface area contributed by atoms with Crippen molar-refractivity contribution in [3.8, 4) is 11.1 Å². The van der Waals surface area contributed by atoms with Crippen LogP contribution in [0.3, 0.4) is 0 Å². The van der Waals surface area contributed by atoms with Crippen LogP contribution in [0.15, 0.2) is 36.4 Å². The second kappa shape index (κ2) is 5.23. The van der Waals surface area contributed by atoms with Gasteiger partial charge in [0, 0.05) is 0 Å². The van der Waals surface area contributed by atoms with Crippen LogP contribution in [0.4, 0.5) is 0 Å². The predicted octanol–water partition coefficient (Wildman–Crippen LogP) is 3.23. The molecule has 1 aliphatic rings. The second-order valence-electron chi connectivity index (χ2n) is 6.59. The number of esters is 1. The van der Waals surface area contributed by atoms with Gasteiger partial charge in [0.05, 0.1) is 0 Å². The molecule has 0 fully saturated rings. The molecule has 112 valence electrons. The Bertz CT molecular complexity index is 800. The molecule has 0 heterocycles. The van der Waals surface area contributed by atoms with Crippen molar-refractivity contribution >= 4 is 33.7 Å². The van der Waals surface area contributed by atoms with Crippen LogP contribution in [0, 0.1) is 0 Å². The van der Waals surface area contributed by atoms with Gasteiger partial charge in [-0.05, 0) is 0 Å². The number of ether oxygens (including phenoxy) is 1. The van der Waals surface area contributed by atoms with E-state index >= 15 is 0 Å². The molecule has 0 radical (unpaired) electrons. The Morgan fingerprint density at radius 3 is 2.09 bits per heavy atom. The molecule has 0 aliphatic heterocycles. The first kappa shape index (κ1) is 15.3. The Hall–Kier alpha value is -1.62. The van der Waals surface area contributed by atoms with E-state index < -0.39 is 18.4 Å². The van der Waals surface area contributed by atoms with Gasteiger partial charge in [-0.1, -0.05) is 0 Å². The zero-order chi connectivity index (χ0) is 16.1. The minimum absolute atomic E-state index is 0.0390. The molecule has 4 heteroatoms. The van der Waals surface area contributed by atoms with Crippen molar-refractivity contribution in [1.29, 1.82) is 0 Å². The Balaban J connectivity index is 2.21. The average Bonchev–Trinajstić information content (AvgIpc) is 2.78. The predicted molar refractivity (Wildman–Crippen MR) is 89.6 cm³/mol. The summed E-state index contributed by atoms with van der Waals surface area (Å²) in [7, 11) is 1.36. The molecule has 0 saturated carbocycles. The molecule has 0 saturated heterocycles. The molecule has 3 nitrogen and oxygen atoms in total. The summed E-state index contributed by atoms with van der Waals surface area (Å²) < 4.78 is 6.15. The van der Waals surface area contributed by atoms with Crippen LogP contribution in [0.25, 0.3) is 11.1 Å². The summed E-state index contributed by atoms with van der Waals surface area (Å²) in [6.45, 7) is 0. The van der Waals surface area contributed by atoms with Gasteiger partial charge in [0.1, 0.15) is 0 Å². The van der Waals surface area contributed by atoms with Crippen molar-refractivity contribution in [2.24, 2.45) is 0 Å². The third-order valence-electron chi connectivity index (χ3n) is 4.11. The van der Waals surface area contributed by atoms with E-state index in [9.17, 15) is 9.59 Å². The minimum atomic E-state index is -2.21. The molecule has 2 aromatic rings. The van der Waals surface area contributed by atoms with Crippen molar-refractivity contribution in [2.45, 2.75) is 14.8 Å². The molecule has 0 spiro atoms. The van der Waals surface area contributed by atoms with Crippen LogP contribution < -0.4 is 3.58 Å². The monoisotopic (exact) mass is 402 g/mol. The molecule has 0 bridgehead atoms. The molecular weight excluding hydrogens is 383 g/mol. The summed E-state index contributed by atoms with van der Waals surface area (Å²) in [4.78, 5) is 31.3. The third-order valence-corrected chi connectivity index (χ3v) is 9.94. The molecule has 0 atom stereocenters. The van der Waals surface area contributed by atoms with E-state index in [-0.39, 0.29) is 11.8 Å². The van der Waals surface area contributed by atoms with Gasteiger partial charge in [-0.2, -0.15) is 0 Å². The fraction of sp³-hybridized carbons (Fsp3) is 0.222. The fourth-order valence-electron chi connectivity index (χ4n) is 2.79. The number of methoxy groups -OCH3 is 1. The van der Waals surface area contributed by atoms with Gasteiger partial charge in [-0.15, -0.1) is 0 Å². The van der Waals surface area contributed by atoms with Crippen LogP contribution in [-0.2, 0) is 4.74 Å². The zero-order valence-electron chi connectivity index (χ0n) is 13.2. The van der Waals surface area contributed by atoms with Crippen LogP contribution in [0.5, 0.6) is 0 Å². The summed E-state index contributed by atoms with van der Waals surface area (Å²) in [5, 5.41) is 0. The van der Waals surface area contributed by atoms with E-state index in [0.717, 1.165) is 16.7 Å². The molecule has 0 amide bonds. The van der Waals surface area contributed by atoms with E-state index in [2.05, 4.69) is 27.0 Å². The molecule has 1 aliphatic carbocycles. The van der Waals surface area contributed by atoms with E-state index in [1.165, 1.54) is 10.7 Å². The van der Waals surface area contributed by atoms with Crippen molar-refractivity contribution in [2.75, 3.05) is 7.11 Å². The Kier molecular flexibility index (Phi) is 3.63. The van der Waals surface area contributed by atoms with Gasteiger partial charge >= 0.3 is 134 Å². The van der Waals surface area contributed by atoms with E-state index in [4.69, 9.17) is 4.74 Å². The first-order valence-corrected chi connectivity index (χ1v) is 17.2. The van der Waals surface area contributed by atoms with Crippen LogP contribution in [0.2, 0.25) is 14.8 Å². The SMILES string of the molecule is COC(=O)c1ccc2c(c1)-c1c[c]([Sn]([CH3])([CH3])[CH3])ccc1C2=O. The second-order valence-corrected chi connectivity index (χ2v) is 21.1. The summed E-state index contributed by atoms with van der Waals surface area (Å²) >= 11 is -2.21. The van der Waals surface area contributed by atoms with Crippen molar-refractivity contribution in [1.82, 2.24) is 0 Å². The van der Waals surface area contributed by atoms with Crippen LogP contribution >= 0.6 is 0 Å². The van der Waals surface area contributed by atoms with E-state index in [1.807, 2.05) is 6.07 Å². The van der Waals surface area contributed by atoms with Crippen molar-refractivity contribution in [3.63, 3.8) is 0 Å². The Morgan fingerprint density at radius 2 is 1.50 bits per heavy atom. The number of hydrogen-bond acceptors (Lipinski definition) is 3. The van der Waals surface area contributed by atoms with Crippen LogP contribution in [0.1, 0.15) is 26.3 Å². The molecule has 0 aromatic heterocycles. The van der Waals surface area contributed by atoms with Gasteiger partial charge in [0.2, 0.25) is 0 Å². The maximum absolute atomic E-state index is 12.5. The van der Waals surface area contributed by atoms with Gasteiger partial charge < -0.3 is 0 Å². The van der Waals surface area contributed by atoms with Crippen molar-refractivity contribution in [3.05, 3.63) is 53.1 Å². The number of rotatable bonds is 2. The Morgan fingerprint density at radius 1 is 0.909 bits per heavy atom. The molecule has 2 aromatic carbocycles. The van der Waals surface area contributed by atoms with E-state index in [0.29, 0.717) is 11.1 Å². The zero-order valence-corrected chi connectivity index (χ0v) is 16.0. The molecule has 3 rings (SSSR count). The summed E-state index contributed by atoms with van der Waals surface area (Å²) in [6, 6.07) is 11.3. The van der Waals surface area contributed by atoms with Gasteiger partial charge in [-0.3, -0.25) is 0 Å². The topological polar surface area (TPSA) is 43.4 Å². The van der Waals surface area contributed by atoms with Gasteiger partial charge in [-0.25, -0.2) is 0 Å². The van der Waals surface area contributed by atoms with Crippen molar-refractivity contribution < 1.29 is 14.3 Å². The molecule has 22 heavy (non-hydrogen) atoms. The van der Waals surface area contributed by atoms with Gasteiger partial charge in [0.25, 0.3) is 0 Å². The summed E-state index contributed by atoms with van der Waals surface area (Å²) in [5.41, 5.74) is 3.68. The quantitative estimate of drug-likeness (QED) is 0.490. The maximum atomic E-state index is 12.5. The number of carbonyl (C=O) groups is 2. The first-order chi connectivity index (χ1) is 10.3. The number of fused-ring (bicyclic) bond motifs is 3. The Labute approximate surface area is 134 Å². The number of carbonyl (C=O) groups excluding carboxylic acids is 2. The molecular formula is C18H18O3Sn. The average molecular weight is 401 g/mol. The number of hydrogen-bond donors (Lipinski definition) is 0. The van der Waals surface area contributed by atoms with Gasteiger partial charge in [0.15, 0.2) is 0 Å².